The van der Waals surface area contributed by atoms with Gasteiger partial charge in [-0.25, -0.2) is 0 Å². The van der Waals surface area contributed by atoms with Crippen molar-refractivity contribution < 1.29 is 9.90 Å². The first-order chi connectivity index (χ1) is 8.46. The first kappa shape index (κ1) is 13.1. The number of rotatable bonds is 3. The van der Waals surface area contributed by atoms with Crippen LogP contribution in [-0.2, 0) is 12.8 Å². The number of carbonyl (C=O) groups excluding carboxylic acids is 1. The minimum atomic E-state index is -0.871. The van der Waals surface area contributed by atoms with E-state index < -0.39 is 5.60 Å². The number of fused-ring (bicyclic) bond motifs is 1. The molecule has 0 radical (unpaired) electrons. The zero-order valence-electron chi connectivity index (χ0n) is 11.1. The zero-order valence-corrected chi connectivity index (χ0v) is 11.1. The average molecular weight is 247 g/mol. The molecule has 1 amide bonds. The molecule has 3 heteroatoms. The molecule has 1 aliphatic carbocycles. The smallest absolute Gasteiger partial charge is 0.251 e. The maximum absolute atomic E-state index is 12.0. The molecule has 18 heavy (non-hydrogen) atoms. The van der Waals surface area contributed by atoms with Crippen molar-refractivity contribution in [1.29, 1.82) is 0 Å². The second-order valence-electron chi connectivity index (χ2n) is 5.69. The van der Waals surface area contributed by atoms with Crippen LogP contribution < -0.4 is 5.32 Å². The fourth-order valence-electron chi connectivity index (χ4n) is 2.27. The van der Waals surface area contributed by atoms with E-state index in [1.165, 1.54) is 24.0 Å². The number of hydrogen-bond acceptors (Lipinski definition) is 2. The molecule has 0 bridgehead atoms. The Morgan fingerprint density at radius 2 is 1.94 bits per heavy atom. The van der Waals surface area contributed by atoms with Gasteiger partial charge in [0.15, 0.2) is 0 Å². The fourth-order valence-corrected chi connectivity index (χ4v) is 2.27. The minimum absolute atomic E-state index is 0.106. The van der Waals surface area contributed by atoms with Gasteiger partial charge in [-0.15, -0.1) is 0 Å². The monoisotopic (exact) mass is 247 g/mol. The van der Waals surface area contributed by atoms with Crippen molar-refractivity contribution >= 4 is 5.91 Å². The maximum Gasteiger partial charge on any atom is 0.251 e. The molecule has 1 aromatic carbocycles. The van der Waals surface area contributed by atoms with Crippen LogP contribution in [0.15, 0.2) is 18.2 Å². The summed E-state index contributed by atoms with van der Waals surface area (Å²) in [6.45, 7) is 3.63. The lowest BCUT2D eigenvalue weighted by molar-refractivity contribution is 0.0694. The minimum Gasteiger partial charge on any atom is -0.389 e. The van der Waals surface area contributed by atoms with Gasteiger partial charge in [-0.1, -0.05) is 6.07 Å². The molecular formula is C15H21NO2. The van der Waals surface area contributed by atoms with Crippen LogP contribution in [0.3, 0.4) is 0 Å². The van der Waals surface area contributed by atoms with E-state index in [0.29, 0.717) is 5.56 Å². The second-order valence-corrected chi connectivity index (χ2v) is 5.69. The summed E-state index contributed by atoms with van der Waals surface area (Å²) in [5.74, 6) is -0.106. The van der Waals surface area contributed by atoms with Crippen molar-refractivity contribution in [2.24, 2.45) is 0 Å². The van der Waals surface area contributed by atoms with Crippen LogP contribution in [0.25, 0.3) is 0 Å². The van der Waals surface area contributed by atoms with E-state index in [-0.39, 0.29) is 12.5 Å². The topological polar surface area (TPSA) is 49.3 Å². The third kappa shape index (κ3) is 3.33. The number of hydrogen-bond donors (Lipinski definition) is 2. The number of aliphatic hydroxyl groups is 1. The molecule has 0 unspecified atom stereocenters. The summed E-state index contributed by atoms with van der Waals surface area (Å²) < 4.78 is 0. The van der Waals surface area contributed by atoms with E-state index in [1.54, 1.807) is 13.8 Å². The summed E-state index contributed by atoms with van der Waals surface area (Å²) in [6.07, 6.45) is 4.65. The van der Waals surface area contributed by atoms with Crippen molar-refractivity contribution in [2.45, 2.75) is 45.1 Å². The lowest BCUT2D eigenvalue weighted by atomic mass is 9.90. The van der Waals surface area contributed by atoms with Crippen LogP contribution in [0.4, 0.5) is 0 Å². The molecule has 2 rings (SSSR count). The fraction of sp³-hybridized carbons (Fsp3) is 0.533. The third-order valence-corrected chi connectivity index (χ3v) is 3.29. The highest BCUT2D eigenvalue weighted by molar-refractivity contribution is 5.94. The van der Waals surface area contributed by atoms with Crippen molar-refractivity contribution in [3.8, 4) is 0 Å². The first-order valence-electron chi connectivity index (χ1n) is 6.58. The molecule has 0 aliphatic heterocycles. The SMILES string of the molecule is CC(C)(O)CNC(=O)c1ccc2c(c1)CCCC2. The molecule has 0 fully saturated rings. The molecule has 1 aliphatic rings. The molecule has 1 aromatic rings. The van der Waals surface area contributed by atoms with Crippen molar-refractivity contribution in [3.63, 3.8) is 0 Å². The summed E-state index contributed by atoms with van der Waals surface area (Å²) >= 11 is 0. The van der Waals surface area contributed by atoms with Gasteiger partial charge >= 0.3 is 0 Å². The molecule has 3 nitrogen and oxygen atoms in total. The van der Waals surface area contributed by atoms with E-state index >= 15 is 0 Å². The Bertz CT molecular complexity index is 446. The number of nitrogens with one attached hydrogen (secondary N) is 1. The Kier molecular flexibility index (Phi) is 3.71. The molecule has 0 saturated heterocycles. The lowest BCUT2D eigenvalue weighted by Gasteiger charge is -2.19. The highest BCUT2D eigenvalue weighted by Crippen LogP contribution is 2.22. The van der Waals surface area contributed by atoms with Crippen LogP contribution in [0.2, 0.25) is 0 Å². The first-order valence-corrected chi connectivity index (χ1v) is 6.58. The quantitative estimate of drug-likeness (QED) is 0.859. The Hall–Kier alpha value is -1.35. The molecule has 0 atom stereocenters. The summed E-state index contributed by atoms with van der Waals surface area (Å²) in [7, 11) is 0. The summed E-state index contributed by atoms with van der Waals surface area (Å²) in [6, 6.07) is 5.94. The van der Waals surface area contributed by atoms with Gasteiger partial charge in [0, 0.05) is 12.1 Å². The summed E-state index contributed by atoms with van der Waals surface area (Å²) in [4.78, 5) is 12.0. The predicted molar refractivity (Wildman–Crippen MR) is 71.7 cm³/mol. The predicted octanol–water partition coefficient (Wildman–Crippen LogP) is 2.07. The number of amides is 1. The number of aryl methyl sites for hydroxylation is 2. The van der Waals surface area contributed by atoms with Crippen molar-refractivity contribution in [3.05, 3.63) is 34.9 Å². The van der Waals surface area contributed by atoms with E-state index in [1.807, 2.05) is 12.1 Å². The normalized spacial score (nSPS) is 15.1. The molecular weight excluding hydrogens is 226 g/mol. The van der Waals surface area contributed by atoms with Gasteiger partial charge in [0.2, 0.25) is 0 Å². The van der Waals surface area contributed by atoms with Gasteiger partial charge in [0.1, 0.15) is 0 Å². The molecule has 0 spiro atoms. The van der Waals surface area contributed by atoms with Gasteiger partial charge in [-0.3, -0.25) is 4.79 Å². The van der Waals surface area contributed by atoms with Crippen LogP contribution in [0.5, 0.6) is 0 Å². The van der Waals surface area contributed by atoms with Gasteiger partial charge in [0.25, 0.3) is 5.91 Å². The van der Waals surface area contributed by atoms with Crippen LogP contribution in [0, 0.1) is 0 Å². The average Bonchev–Trinajstić information content (AvgIpc) is 2.34. The molecule has 0 aromatic heterocycles. The van der Waals surface area contributed by atoms with Crippen LogP contribution in [0.1, 0.15) is 48.2 Å². The largest absolute Gasteiger partial charge is 0.389 e. The van der Waals surface area contributed by atoms with E-state index in [2.05, 4.69) is 11.4 Å². The standard InChI is InChI=1S/C15H21NO2/c1-15(2,18)10-16-14(17)13-8-7-11-5-3-4-6-12(11)9-13/h7-9,18H,3-6,10H2,1-2H3,(H,16,17). The van der Waals surface area contributed by atoms with Crippen LogP contribution in [-0.4, -0.2) is 23.2 Å². The highest BCUT2D eigenvalue weighted by atomic mass is 16.3. The van der Waals surface area contributed by atoms with Crippen molar-refractivity contribution in [2.75, 3.05) is 6.54 Å². The molecule has 98 valence electrons. The Labute approximate surface area is 108 Å². The van der Waals surface area contributed by atoms with Crippen molar-refractivity contribution in [1.82, 2.24) is 5.32 Å². The number of carbonyl (C=O) groups is 1. The summed E-state index contributed by atoms with van der Waals surface area (Å²) in [5.41, 5.74) is 2.50. The van der Waals surface area contributed by atoms with E-state index in [9.17, 15) is 9.90 Å². The molecule has 0 saturated carbocycles. The zero-order chi connectivity index (χ0) is 13.2. The third-order valence-electron chi connectivity index (χ3n) is 3.29. The maximum atomic E-state index is 12.0. The second kappa shape index (κ2) is 5.11. The highest BCUT2D eigenvalue weighted by Gasteiger charge is 2.16. The summed E-state index contributed by atoms with van der Waals surface area (Å²) in [5, 5.41) is 12.3. The van der Waals surface area contributed by atoms with Gasteiger partial charge in [-0.05, 0) is 62.8 Å². The van der Waals surface area contributed by atoms with Gasteiger partial charge < -0.3 is 10.4 Å². The van der Waals surface area contributed by atoms with Gasteiger partial charge in [-0.2, -0.15) is 0 Å². The van der Waals surface area contributed by atoms with E-state index in [4.69, 9.17) is 0 Å². The van der Waals surface area contributed by atoms with Crippen LogP contribution >= 0.6 is 0 Å². The van der Waals surface area contributed by atoms with E-state index in [0.717, 1.165) is 12.8 Å². The number of benzene rings is 1. The molecule has 0 heterocycles. The molecule has 2 N–H and O–H groups in total. The Morgan fingerprint density at radius 1 is 1.28 bits per heavy atom. The van der Waals surface area contributed by atoms with Gasteiger partial charge in [0.05, 0.1) is 5.60 Å². The Morgan fingerprint density at radius 3 is 2.61 bits per heavy atom. The lowest BCUT2D eigenvalue weighted by Crippen LogP contribution is -2.38. The Balaban J connectivity index is 2.07.